The number of carboxylic acids is 1. The van der Waals surface area contributed by atoms with Gasteiger partial charge in [-0.2, -0.15) is 0 Å². The molecule has 1 aliphatic carbocycles. The number of carboxylic acid groups (broad SMARTS) is 1. The van der Waals surface area contributed by atoms with Crippen LogP contribution in [0.4, 0.5) is 0 Å². The van der Waals surface area contributed by atoms with Gasteiger partial charge < -0.3 is 9.84 Å². The molecule has 0 saturated heterocycles. The average Bonchev–Trinajstić information content (AvgIpc) is 2.26. The van der Waals surface area contributed by atoms with Crippen molar-refractivity contribution < 1.29 is 14.6 Å². The largest absolute Gasteiger partial charge is 0.495 e. The van der Waals surface area contributed by atoms with E-state index in [9.17, 15) is 9.90 Å². The van der Waals surface area contributed by atoms with Crippen molar-refractivity contribution in [3.63, 3.8) is 0 Å². The predicted molar refractivity (Wildman–Crippen MR) is 73.2 cm³/mol. The molecule has 0 heterocycles. The first-order chi connectivity index (χ1) is 8.55. The number of aryl methyl sites for hydroxylation is 1. The number of ether oxygens (including phenoxy) is 1. The van der Waals surface area contributed by atoms with Gasteiger partial charge in [0.2, 0.25) is 0 Å². The lowest BCUT2D eigenvalue weighted by molar-refractivity contribution is -0.147. The molecule has 4 heteroatoms. The molecule has 0 atom stereocenters. The quantitative estimate of drug-likeness (QED) is 0.925. The fourth-order valence-corrected chi connectivity index (χ4v) is 3.21. The Bertz CT molecular complexity index is 478. The van der Waals surface area contributed by atoms with Gasteiger partial charge in [0.15, 0.2) is 0 Å². The second-order valence-corrected chi connectivity index (χ2v) is 5.61. The van der Waals surface area contributed by atoms with Crippen molar-refractivity contribution in [1.82, 2.24) is 0 Å². The summed E-state index contributed by atoms with van der Waals surface area (Å²) in [5.74, 6) is -0.0819. The van der Waals surface area contributed by atoms with Crippen molar-refractivity contribution in [2.45, 2.75) is 38.0 Å². The molecule has 0 spiro atoms. The zero-order chi connectivity index (χ0) is 13.3. The van der Waals surface area contributed by atoms with Gasteiger partial charge in [-0.15, -0.1) is 0 Å². The van der Waals surface area contributed by atoms with E-state index >= 15 is 0 Å². The van der Waals surface area contributed by atoms with Crippen molar-refractivity contribution in [1.29, 1.82) is 0 Å². The van der Waals surface area contributed by atoms with E-state index in [0.29, 0.717) is 18.6 Å². The zero-order valence-corrected chi connectivity index (χ0v) is 12.2. The highest BCUT2D eigenvalue weighted by molar-refractivity contribution is 9.10. The molecule has 2 rings (SSSR count). The highest BCUT2D eigenvalue weighted by Gasteiger charge is 2.48. The maximum absolute atomic E-state index is 11.6. The Morgan fingerprint density at radius 1 is 1.50 bits per heavy atom. The summed E-state index contributed by atoms with van der Waals surface area (Å²) >= 11 is 3.48. The number of aliphatic carboxylic acids is 1. The maximum Gasteiger partial charge on any atom is 0.314 e. The van der Waals surface area contributed by atoms with Crippen LogP contribution in [0.2, 0.25) is 0 Å². The highest BCUT2D eigenvalue weighted by Crippen LogP contribution is 2.49. The molecule has 0 bridgehead atoms. The summed E-state index contributed by atoms with van der Waals surface area (Å²) in [4.78, 5) is 11.6. The lowest BCUT2D eigenvalue weighted by Gasteiger charge is -2.39. The molecule has 18 heavy (non-hydrogen) atoms. The van der Waals surface area contributed by atoms with Crippen LogP contribution < -0.4 is 4.74 Å². The lowest BCUT2D eigenvalue weighted by atomic mass is 9.64. The van der Waals surface area contributed by atoms with Gasteiger partial charge in [-0.1, -0.05) is 19.4 Å². The highest BCUT2D eigenvalue weighted by atomic mass is 79.9. The number of hydrogen-bond acceptors (Lipinski definition) is 2. The van der Waals surface area contributed by atoms with Crippen LogP contribution in [-0.2, 0) is 16.6 Å². The van der Waals surface area contributed by atoms with Gasteiger partial charge in [0.05, 0.1) is 17.0 Å². The van der Waals surface area contributed by atoms with Gasteiger partial charge >= 0.3 is 5.97 Å². The molecule has 0 radical (unpaired) electrons. The molecule has 0 unspecified atom stereocenters. The van der Waals surface area contributed by atoms with Crippen molar-refractivity contribution in [3.05, 3.63) is 27.7 Å². The molecule has 0 aromatic heterocycles. The molecule has 1 N–H and O–H groups in total. The van der Waals surface area contributed by atoms with Gasteiger partial charge in [0.25, 0.3) is 0 Å². The van der Waals surface area contributed by atoms with Crippen LogP contribution >= 0.6 is 15.9 Å². The second-order valence-electron chi connectivity index (χ2n) is 4.75. The minimum atomic E-state index is -0.751. The summed E-state index contributed by atoms with van der Waals surface area (Å²) in [5, 5.41) is 9.54. The fourth-order valence-electron chi connectivity index (χ4n) is 2.55. The van der Waals surface area contributed by atoms with Gasteiger partial charge in [0.1, 0.15) is 5.75 Å². The first-order valence-corrected chi connectivity index (χ1v) is 6.94. The van der Waals surface area contributed by atoms with Crippen molar-refractivity contribution in [2.24, 2.45) is 0 Å². The van der Waals surface area contributed by atoms with Crippen LogP contribution in [0.5, 0.6) is 5.75 Å². The van der Waals surface area contributed by atoms with Gasteiger partial charge in [-0.25, -0.2) is 0 Å². The molecule has 1 aliphatic rings. The number of methoxy groups -OCH3 is 1. The molecule has 1 saturated carbocycles. The van der Waals surface area contributed by atoms with Crippen LogP contribution in [-0.4, -0.2) is 18.2 Å². The van der Waals surface area contributed by atoms with E-state index in [0.717, 1.165) is 28.4 Å². The van der Waals surface area contributed by atoms with Crippen LogP contribution in [0, 0.1) is 0 Å². The van der Waals surface area contributed by atoms with Gasteiger partial charge in [0, 0.05) is 5.56 Å². The minimum absolute atomic E-state index is 0.661. The standard InChI is InChI=1S/C14H17BrO3/c1-3-9-7-10(12(18-2)11(15)8-9)14(13(16)17)5-4-6-14/h7-8H,3-6H2,1-2H3,(H,16,17). The Hall–Kier alpha value is -1.03. The zero-order valence-electron chi connectivity index (χ0n) is 10.6. The second kappa shape index (κ2) is 4.92. The Morgan fingerprint density at radius 3 is 2.56 bits per heavy atom. The van der Waals surface area contributed by atoms with E-state index in [1.54, 1.807) is 7.11 Å². The summed E-state index contributed by atoms with van der Waals surface area (Å²) in [7, 11) is 1.59. The Balaban J connectivity index is 2.61. The summed E-state index contributed by atoms with van der Waals surface area (Å²) < 4.78 is 6.24. The van der Waals surface area contributed by atoms with E-state index in [4.69, 9.17) is 4.74 Å². The number of halogens is 1. The van der Waals surface area contributed by atoms with E-state index in [1.165, 1.54) is 0 Å². The molecule has 1 aromatic rings. The van der Waals surface area contributed by atoms with Crippen LogP contribution in [0.1, 0.15) is 37.3 Å². The third kappa shape index (κ3) is 1.92. The van der Waals surface area contributed by atoms with E-state index in [-0.39, 0.29) is 0 Å². The summed E-state index contributed by atoms with van der Waals surface area (Å²) in [5.41, 5.74) is 1.19. The van der Waals surface area contributed by atoms with Crippen LogP contribution in [0.25, 0.3) is 0 Å². The normalized spacial score (nSPS) is 17.1. The molecule has 1 fully saturated rings. The Morgan fingerprint density at radius 2 is 2.17 bits per heavy atom. The first kappa shape index (κ1) is 13.4. The topological polar surface area (TPSA) is 46.5 Å². The minimum Gasteiger partial charge on any atom is -0.495 e. The van der Waals surface area contributed by atoms with Gasteiger partial charge in [-0.3, -0.25) is 4.79 Å². The van der Waals surface area contributed by atoms with E-state index < -0.39 is 11.4 Å². The molecule has 3 nitrogen and oxygen atoms in total. The number of hydrogen-bond donors (Lipinski definition) is 1. The molecule has 0 amide bonds. The van der Waals surface area contributed by atoms with E-state index in [2.05, 4.69) is 22.9 Å². The Kier molecular flexibility index (Phi) is 3.66. The molecule has 98 valence electrons. The average molecular weight is 313 g/mol. The maximum atomic E-state index is 11.6. The first-order valence-electron chi connectivity index (χ1n) is 6.15. The molecular formula is C14H17BrO3. The van der Waals surface area contributed by atoms with Crippen LogP contribution in [0.15, 0.2) is 16.6 Å². The molecule has 0 aliphatic heterocycles. The van der Waals surface area contributed by atoms with Crippen molar-refractivity contribution in [2.75, 3.05) is 7.11 Å². The summed E-state index contributed by atoms with van der Waals surface area (Å²) in [6.07, 6.45) is 3.23. The van der Waals surface area contributed by atoms with Crippen LogP contribution in [0.3, 0.4) is 0 Å². The van der Waals surface area contributed by atoms with Gasteiger partial charge in [-0.05, 0) is 46.8 Å². The Labute approximate surface area is 115 Å². The predicted octanol–water partition coefficient (Wildman–Crippen LogP) is 3.53. The lowest BCUT2D eigenvalue weighted by Crippen LogP contribution is -2.42. The molecule has 1 aromatic carbocycles. The number of rotatable bonds is 4. The number of benzene rings is 1. The third-order valence-electron chi connectivity index (χ3n) is 3.85. The number of carbonyl (C=O) groups is 1. The SMILES string of the molecule is CCc1cc(Br)c(OC)c(C2(C(=O)O)CCC2)c1. The van der Waals surface area contributed by atoms with E-state index in [1.807, 2.05) is 12.1 Å². The third-order valence-corrected chi connectivity index (χ3v) is 4.44. The fraction of sp³-hybridized carbons (Fsp3) is 0.500. The summed E-state index contributed by atoms with van der Waals surface area (Å²) in [6.45, 7) is 2.06. The monoisotopic (exact) mass is 312 g/mol. The molecular weight excluding hydrogens is 296 g/mol. The smallest absolute Gasteiger partial charge is 0.314 e. The summed E-state index contributed by atoms with van der Waals surface area (Å²) in [6, 6.07) is 3.98. The van der Waals surface area contributed by atoms with Crippen molar-refractivity contribution >= 4 is 21.9 Å². The van der Waals surface area contributed by atoms with Crippen molar-refractivity contribution in [3.8, 4) is 5.75 Å².